The van der Waals surface area contributed by atoms with Crippen molar-refractivity contribution < 1.29 is 0 Å². The average molecular weight is 229 g/mol. The van der Waals surface area contributed by atoms with Gasteiger partial charge in [-0.15, -0.1) is 0 Å². The molecule has 90 valence electrons. The van der Waals surface area contributed by atoms with Crippen molar-refractivity contribution in [3.63, 3.8) is 0 Å². The standard InChI is InChI=1S/C14H19N3/c1-17-10-16-13-8-11(4-5-14(13)17)2-3-12-6-7-15-9-12/h4-5,8,10,12,15H,2-3,6-7,9H2,1H3. The number of nitrogens with zero attached hydrogens (tertiary/aromatic N) is 2. The van der Waals surface area contributed by atoms with Crippen LogP contribution in [0.15, 0.2) is 24.5 Å². The van der Waals surface area contributed by atoms with E-state index in [1.807, 2.05) is 13.4 Å². The van der Waals surface area contributed by atoms with Crippen molar-refractivity contribution >= 4 is 11.0 Å². The van der Waals surface area contributed by atoms with Gasteiger partial charge in [-0.05, 0) is 56.0 Å². The second-order valence-electron chi connectivity index (χ2n) is 5.08. The molecule has 1 N–H and O–H groups in total. The predicted octanol–water partition coefficient (Wildman–Crippen LogP) is 2.12. The first-order chi connectivity index (χ1) is 8.33. The highest BCUT2D eigenvalue weighted by molar-refractivity contribution is 5.75. The van der Waals surface area contributed by atoms with Gasteiger partial charge in [0.05, 0.1) is 17.4 Å². The summed E-state index contributed by atoms with van der Waals surface area (Å²) in [6, 6.07) is 6.66. The number of aryl methyl sites for hydroxylation is 2. The smallest absolute Gasteiger partial charge is 0.0955 e. The van der Waals surface area contributed by atoms with E-state index in [1.54, 1.807) is 0 Å². The second kappa shape index (κ2) is 4.49. The van der Waals surface area contributed by atoms with Crippen molar-refractivity contribution in [2.24, 2.45) is 13.0 Å². The normalized spacial score (nSPS) is 20.2. The SMILES string of the molecule is Cn1cnc2cc(CCC3CCNC3)ccc21. The first kappa shape index (κ1) is 10.8. The van der Waals surface area contributed by atoms with Gasteiger partial charge in [-0.2, -0.15) is 0 Å². The molecule has 0 aliphatic carbocycles. The summed E-state index contributed by atoms with van der Waals surface area (Å²) < 4.78 is 2.07. The number of hydrogen-bond donors (Lipinski definition) is 1. The molecule has 17 heavy (non-hydrogen) atoms. The molecule has 3 heteroatoms. The zero-order valence-electron chi connectivity index (χ0n) is 10.3. The quantitative estimate of drug-likeness (QED) is 0.873. The first-order valence-corrected chi connectivity index (χ1v) is 6.43. The number of nitrogens with one attached hydrogen (secondary N) is 1. The third-order valence-corrected chi connectivity index (χ3v) is 3.79. The van der Waals surface area contributed by atoms with E-state index >= 15 is 0 Å². The van der Waals surface area contributed by atoms with Crippen LogP contribution in [0.3, 0.4) is 0 Å². The van der Waals surface area contributed by atoms with E-state index < -0.39 is 0 Å². The minimum Gasteiger partial charge on any atom is -0.334 e. The van der Waals surface area contributed by atoms with Crippen LogP contribution in [0, 0.1) is 5.92 Å². The highest BCUT2D eigenvalue weighted by atomic mass is 15.0. The van der Waals surface area contributed by atoms with E-state index in [4.69, 9.17) is 0 Å². The summed E-state index contributed by atoms with van der Waals surface area (Å²) in [4.78, 5) is 4.41. The maximum atomic E-state index is 4.41. The van der Waals surface area contributed by atoms with Gasteiger partial charge in [-0.25, -0.2) is 4.98 Å². The number of fused-ring (bicyclic) bond motifs is 1. The zero-order valence-corrected chi connectivity index (χ0v) is 10.3. The molecule has 0 bridgehead atoms. The third-order valence-electron chi connectivity index (χ3n) is 3.79. The van der Waals surface area contributed by atoms with Gasteiger partial charge in [0.2, 0.25) is 0 Å². The fraction of sp³-hybridized carbons (Fsp3) is 0.500. The number of benzene rings is 1. The fourth-order valence-corrected chi connectivity index (χ4v) is 2.67. The fourth-order valence-electron chi connectivity index (χ4n) is 2.67. The maximum absolute atomic E-state index is 4.41. The summed E-state index contributed by atoms with van der Waals surface area (Å²) in [6.45, 7) is 2.40. The summed E-state index contributed by atoms with van der Waals surface area (Å²) >= 11 is 0. The summed E-state index contributed by atoms with van der Waals surface area (Å²) in [7, 11) is 2.04. The van der Waals surface area contributed by atoms with Crippen molar-refractivity contribution in [1.82, 2.24) is 14.9 Å². The summed E-state index contributed by atoms with van der Waals surface area (Å²) in [5.74, 6) is 0.870. The maximum Gasteiger partial charge on any atom is 0.0955 e. The van der Waals surface area contributed by atoms with Crippen molar-refractivity contribution in [3.8, 4) is 0 Å². The summed E-state index contributed by atoms with van der Waals surface area (Å²) in [5.41, 5.74) is 3.76. The molecule has 1 fully saturated rings. The van der Waals surface area contributed by atoms with E-state index in [0.29, 0.717) is 0 Å². The van der Waals surface area contributed by atoms with Crippen LogP contribution < -0.4 is 5.32 Å². The minimum absolute atomic E-state index is 0.870. The van der Waals surface area contributed by atoms with Crippen molar-refractivity contribution in [1.29, 1.82) is 0 Å². The molecule has 1 aliphatic heterocycles. The Balaban J connectivity index is 1.72. The Bertz CT molecular complexity index is 509. The van der Waals surface area contributed by atoms with Crippen LogP contribution in [0.5, 0.6) is 0 Å². The molecule has 0 radical (unpaired) electrons. The Morgan fingerprint density at radius 1 is 1.47 bits per heavy atom. The van der Waals surface area contributed by atoms with Gasteiger partial charge in [0.15, 0.2) is 0 Å². The minimum atomic E-state index is 0.870. The Morgan fingerprint density at radius 2 is 2.41 bits per heavy atom. The molecule has 0 spiro atoms. The molecular weight excluding hydrogens is 210 g/mol. The van der Waals surface area contributed by atoms with Crippen LogP contribution in [0.4, 0.5) is 0 Å². The van der Waals surface area contributed by atoms with Gasteiger partial charge in [-0.3, -0.25) is 0 Å². The van der Waals surface area contributed by atoms with Crippen molar-refractivity contribution in [2.75, 3.05) is 13.1 Å². The van der Waals surface area contributed by atoms with Gasteiger partial charge in [0.1, 0.15) is 0 Å². The van der Waals surface area contributed by atoms with E-state index in [9.17, 15) is 0 Å². The lowest BCUT2D eigenvalue weighted by atomic mass is 9.99. The van der Waals surface area contributed by atoms with E-state index in [1.165, 1.54) is 43.4 Å². The van der Waals surface area contributed by atoms with Crippen LogP contribution in [0.25, 0.3) is 11.0 Å². The highest BCUT2D eigenvalue weighted by Crippen LogP contribution is 2.19. The predicted molar refractivity (Wildman–Crippen MR) is 70.0 cm³/mol. The Morgan fingerprint density at radius 3 is 3.24 bits per heavy atom. The molecule has 3 rings (SSSR count). The molecule has 1 aromatic carbocycles. The molecule has 2 aromatic rings. The number of rotatable bonds is 3. The molecular formula is C14H19N3. The van der Waals surface area contributed by atoms with Crippen molar-refractivity contribution in [3.05, 3.63) is 30.1 Å². The zero-order chi connectivity index (χ0) is 11.7. The van der Waals surface area contributed by atoms with Gasteiger partial charge in [-0.1, -0.05) is 6.07 Å². The molecule has 0 amide bonds. The number of aromatic nitrogens is 2. The van der Waals surface area contributed by atoms with Crippen LogP contribution in [-0.4, -0.2) is 22.6 Å². The lowest BCUT2D eigenvalue weighted by molar-refractivity contribution is 0.533. The van der Waals surface area contributed by atoms with Crippen molar-refractivity contribution in [2.45, 2.75) is 19.3 Å². The van der Waals surface area contributed by atoms with Crippen LogP contribution >= 0.6 is 0 Å². The molecule has 3 nitrogen and oxygen atoms in total. The lowest BCUT2D eigenvalue weighted by Gasteiger charge is -2.07. The van der Waals surface area contributed by atoms with E-state index in [-0.39, 0.29) is 0 Å². The summed E-state index contributed by atoms with van der Waals surface area (Å²) in [6.07, 6.45) is 5.70. The molecule has 1 aliphatic rings. The third kappa shape index (κ3) is 2.20. The molecule has 1 atom stereocenters. The molecule has 1 saturated heterocycles. The Labute approximate surface area is 102 Å². The van der Waals surface area contributed by atoms with Gasteiger partial charge < -0.3 is 9.88 Å². The highest BCUT2D eigenvalue weighted by Gasteiger charge is 2.14. The number of hydrogen-bond acceptors (Lipinski definition) is 2. The first-order valence-electron chi connectivity index (χ1n) is 6.43. The van der Waals surface area contributed by atoms with E-state index in [2.05, 4.69) is 33.1 Å². The van der Waals surface area contributed by atoms with Gasteiger partial charge in [0.25, 0.3) is 0 Å². The number of imidazole rings is 1. The monoisotopic (exact) mass is 229 g/mol. The van der Waals surface area contributed by atoms with Crippen LogP contribution in [0.2, 0.25) is 0 Å². The van der Waals surface area contributed by atoms with E-state index in [0.717, 1.165) is 11.4 Å². The average Bonchev–Trinajstić information content (AvgIpc) is 2.97. The van der Waals surface area contributed by atoms with Crippen LogP contribution in [0.1, 0.15) is 18.4 Å². The lowest BCUT2D eigenvalue weighted by Crippen LogP contribution is -2.09. The topological polar surface area (TPSA) is 29.9 Å². The Kier molecular flexibility index (Phi) is 2.85. The molecule has 1 unspecified atom stereocenters. The summed E-state index contributed by atoms with van der Waals surface area (Å²) in [5, 5.41) is 3.43. The van der Waals surface area contributed by atoms with Gasteiger partial charge >= 0.3 is 0 Å². The molecule has 0 saturated carbocycles. The molecule has 1 aromatic heterocycles. The van der Waals surface area contributed by atoms with Gasteiger partial charge in [0, 0.05) is 7.05 Å². The largest absolute Gasteiger partial charge is 0.334 e. The Hall–Kier alpha value is -1.35. The van der Waals surface area contributed by atoms with Crippen LogP contribution in [-0.2, 0) is 13.5 Å². The second-order valence-corrected chi connectivity index (χ2v) is 5.08. The molecule has 2 heterocycles.